The highest BCUT2D eigenvalue weighted by atomic mass is 32.1. The Kier molecular flexibility index (Phi) is 5.35. The van der Waals surface area contributed by atoms with E-state index in [1.165, 1.54) is 17.4 Å². The topological polar surface area (TPSA) is 114 Å². The SMILES string of the molecule is C[C@@H]1CN2c3ccc(-c4nnc(-c5ccc(F)c(F)c5)s4)cc3CC3(C(=O)NC(=O)NC3=O)C2[C@H](C)O1. The number of barbiturate groups is 1. The predicted octanol–water partition coefficient (Wildman–Crippen LogP) is 3.04. The highest BCUT2D eigenvalue weighted by molar-refractivity contribution is 7.17. The fourth-order valence-corrected chi connectivity index (χ4v) is 6.50. The van der Waals surface area contributed by atoms with E-state index in [1.54, 1.807) is 0 Å². The smallest absolute Gasteiger partial charge is 0.328 e. The monoisotopic (exact) mass is 525 g/mol. The number of ether oxygens (including phenoxy) is 1. The van der Waals surface area contributed by atoms with Crippen LogP contribution < -0.4 is 15.5 Å². The minimum absolute atomic E-state index is 0.0548. The molecule has 9 nitrogen and oxygen atoms in total. The van der Waals surface area contributed by atoms with E-state index in [2.05, 4.69) is 20.8 Å². The molecule has 3 atom stereocenters. The normalized spacial score (nSPS) is 24.4. The summed E-state index contributed by atoms with van der Waals surface area (Å²) in [5.41, 5.74) is 1.12. The van der Waals surface area contributed by atoms with Crippen molar-refractivity contribution in [1.29, 1.82) is 0 Å². The lowest BCUT2D eigenvalue weighted by molar-refractivity contribution is -0.153. The number of urea groups is 1. The molecule has 37 heavy (non-hydrogen) atoms. The van der Waals surface area contributed by atoms with E-state index in [-0.39, 0.29) is 12.5 Å². The fourth-order valence-electron chi connectivity index (χ4n) is 5.67. The van der Waals surface area contributed by atoms with Crippen molar-refractivity contribution in [3.63, 3.8) is 0 Å². The Labute approximate surface area is 213 Å². The Morgan fingerprint density at radius 1 is 0.973 bits per heavy atom. The van der Waals surface area contributed by atoms with Gasteiger partial charge < -0.3 is 9.64 Å². The number of nitrogens with one attached hydrogen (secondary N) is 2. The summed E-state index contributed by atoms with van der Waals surface area (Å²) in [7, 11) is 0. The van der Waals surface area contributed by atoms with Crippen molar-refractivity contribution in [2.24, 2.45) is 5.41 Å². The van der Waals surface area contributed by atoms with E-state index in [4.69, 9.17) is 4.74 Å². The molecule has 2 N–H and O–H groups in total. The lowest BCUT2D eigenvalue weighted by Crippen LogP contribution is -2.75. The van der Waals surface area contributed by atoms with Crippen LogP contribution in [0, 0.1) is 17.0 Å². The van der Waals surface area contributed by atoms with E-state index in [9.17, 15) is 23.2 Å². The first-order chi connectivity index (χ1) is 17.7. The van der Waals surface area contributed by atoms with Crippen LogP contribution in [0.25, 0.3) is 21.1 Å². The lowest BCUT2D eigenvalue weighted by Gasteiger charge is -2.55. The predicted molar refractivity (Wildman–Crippen MR) is 130 cm³/mol. The summed E-state index contributed by atoms with van der Waals surface area (Å²) in [6, 6.07) is 7.72. The maximum Gasteiger partial charge on any atom is 0.328 e. The Balaban J connectivity index is 1.43. The molecule has 1 unspecified atom stereocenters. The number of carbonyl (C=O) groups excluding carboxylic acids is 3. The zero-order chi connectivity index (χ0) is 26.1. The molecule has 3 aliphatic heterocycles. The third kappa shape index (κ3) is 3.62. The van der Waals surface area contributed by atoms with Gasteiger partial charge in [0.25, 0.3) is 0 Å². The van der Waals surface area contributed by atoms with E-state index >= 15 is 0 Å². The van der Waals surface area contributed by atoms with Gasteiger partial charge in [-0.15, -0.1) is 10.2 Å². The van der Waals surface area contributed by atoms with Gasteiger partial charge in [-0.1, -0.05) is 11.3 Å². The summed E-state index contributed by atoms with van der Waals surface area (Å²) < 4.78 is 33.1. The average Bonchev–Trinajstić information content (AvgIpc) is 3.34. The van der Waals surface area contributed by atoms with Gasteiger partial charge in [-0.05, 0) is 62.2 Å². The molecule has 0 bridgehead atoms. The second kappa shape index (κ2) is 8.38. The molecule has 1 spiro atoms. The number of hydrogen-bond acceptors (Lipinski definition) is 8. The summed E-state index contributed by atoms with van der Waals surface area (Å²) in [5.74, 6) is -3.23. The van der Waals surface area contributed by atoms with Crippen molar-refractivity contribution in [1.82, 2.24) is 20.8 Å². The molecule has 4 amide bonds. The third-order valence-electron chi connectivity index (χ3n) is 7.15. The van der Waals surface area contributed by atoms with Crippen molar-refractivity contribution < 1.29 is 27.9 Å². The molecule has 190 valence electrons. The number of fused-ring (bicyclic) bond motifs is 4. The van der Waals surface area contributed by atoms with E-state index in [1.807, 2.05) is 36.9 Å². The number of aromatic nitrogens is 2. The minimum atomic E-state index is -1.57. The van der Waals surface area contributed by atoms with Crippen LogP contribution in [0.3, 0.4) is 0 Å². The number of hydrogen-bond donors (Lipinski definition) is 2. The quantitative estimate of drug-likeness (QED) is 0.495. The van der Waals surface area contributed by atoms with Gasteiger partial charge in [-0.3, -0.25) is 20.2 Å². The van der Waals surface area contributed by atoms with Crippen LogP contribution in [0.15, 0.2) is 36.4 Å². The van der Waals surface area contributed by atoms with Crippen LogP contribution >= 0.6 is 11.3 Å². The van der Waals surface area contributed by atoms with E-state index in [0.717, 1.165) is 23.4 Å². The van der Waals surface area contributed by atoms with Gasteiger partial charge in [0.15, 0.2) is 17.0 Å². The molecule has 12 heteroatoms. The molecule has 0 aliphatic carbocycles. The Bertz CT molecular complexity index is 1460. The number of carbonyl (C=O) groups is 3. The van der Waals surface area contributed by atoms with Gasteiger partial charge in [0.2, 0.25) is 11.8 Å². The molecule has 0 radical (unpaired) electrons. The minimum Gasteiger partial charge on any atom is -0.372 e. The van der Waals surface area contributed by atoms with Crippen LogP contribution in [0.2, 0.25) is 0 Å². The first kappa shape index (κ1) is 23.6. The van der Waals surface area contributed by atoms with Crippen molar-refractivity contribution >= 4 is 34.9 Å². The van der Waals surface area contributed by atoms with Crippen LogP contribution in [0.5, 0.6) is 0 Å². The van der Waals surface area contributed by atoms with Crippen LogP contribution in [-0.4, -0.2) is 52.8 Å². The average molecular weight is 526 g/mol. The number of amides is 4. The first-order valence-corrected chi connectivity index (χ1v) is 12.5. The number of halogens is 2. The molecular weight excluding hydrogens is 504 g/mol. The molecule has 6 rings (SSSR count). The number of nitrogens with zero attached hydrogens (tertiary/aromatic N) is 3. The second-order valence-corrected chi connectivity index (χ2v) is 10.5. The number of anilines is 1. The Morgan fingerprint density at radius 3 is 2.30 bits per heavy atom. The zero-order valence-corrected chi connectivity index (χ0v) is 20.6. The van der Waals surface area contributed by atoms with Gasteiger partial charge in [-0.25, -0.2) is 13.6 Å². The molecule has 4 heterocycles. The highest BCUT2D eigenvalue weighted by Gasteiger charge is 2.62. The molecule has 2 fully saturated rings. The van der Waals surface area contributed by atoms with Gasteiger partial charge in [0.05, 0.1) is 18.2 Å². The largest absolute Gasteiger partial charge is 0.372 e. The van der Waals surface area contributed by atoms with Crippen molar-refractivity contribution in [2.75, 3.05) is 11.4 Å². The Morgan fingerprint density at radius 2 is 1.62 bits per heavy atom. The van der Waals surface area contributed by atoms with Crippen LogP contribution in [0.1, 0.15) is 19.4 Å². The van der Waals surface area contributed by atoms with Crippen molar-refractivity contribution in [3.05, 3.63) is 53.6 Å². The molecular formula is C25H21F2N5O4S. The summed E-state index contributed by atoms with van der Waals surface area (Å²) in [6.45, 7) is 4.21. The molecule has 2 aromatic carbocycles. The summed E-state index contributed by atoms with van der Waals surface area (Å²) >= 11 is 1.21. The van der Waals surface area contributed by atoms with Gasteiger partial charge in [0, 0.05) is 23.4 Å². The summed E-state index contributed by atoms with van der Waals surface area (Å²) in [5, 5.41) is 13.9. The van der Waals surface area contributed by atoms with E-state index in [0.29, 0.717) is 27.7 Å². The standard InChI is InChI=1S/C25H21F2N5O4S/c1-11-10-32-18-6-4-13(20-30-31-21(37-20)14-3-5-16(26)17(27)8-14)7-15(18)9-25(19(32)12(2)36-11)22(33)28-24(35)29-23(25)34/h3-8,11-12,19H,9-10H2,1-2H3,(H2,28,29,33,34,35)/t11-,12+,19?/m1/s1. The summed E-state index contributed by atoms with van der Waals surface area (Å²) in [6.07, 6.45) is -0.547. The van der Waals surface area contributed by atoms with Crippen LogP contribution in [0.4, 0.5) is 19.3 Å². The highest BCUT2D eigenvalue weighted by Crippen LogP contribution is 2.47. The number of rotatable bonds is 2. The van der Waals surface area contributed by atoms with Gasteiger partial charge in [0.1, 0.15) is 10.0 Å². The molecule has 2 saturated heterocycles. The van der Waals surface area contributed by atoms with Gasteiger partial charge in [-0.2, -0.15) is 0 Å². The fraction of sp³-hybridized carbons (Fsp3) is 0.320. The second-order valence-electron chi connectivity index (χ2n) is 9.52. The first-order valence-electron chi connectivity index (χ1n) is 11.7. The van der Waals surface area contributed by atoms with Crippen molar-refractivity contribution in [2.45, 2.75) is 38.5 Å². The lowest BCUT2D eigenvalue weighted by atomic mass is 9.66. The third-order valence-corrected chi connectivity index (χ3v) is 8.17. The maximum absolute atomic E-state index is 13.7. The molecule has 1 aromatic heterocycles. The number of imide groups is 2. The van der Waals surface area contributed by atoms with Crippen molar-refractivity contribution in [3.8, 4) is 21.1 Å². The van der Waals surface area contributed by atoms with Gasteiger partial charge >= 0.3 is 6.03 Å². The van der Waals surface area contributed by atoms with Crippen LogP contribution in [-0.2, 0) is 20.7 Å². The summed E-state index contributed by atoms with van der Waals surface area (Å²) in [4.78, 5) is 40.5. The van der Waals surface area contributed by atoms with E-state index < -0.39 is 47.0 Å². The zero-order valence-electron chi connectivity index (χ0n) is 19.7. The maximum atomic E-state index is 13.7. The molecule has 3 aliphatic rings. The molecule has 0 saturated carbocycles. The molecule has 3 aromatic rings. The number of morpholine rings is 1. The Hall–Kier alpha value is -3.77. The number of benzene rings is 2.